The van der Waals surface area contributed by atoms with E-state index in [-0.39, 0.29) is 5.97 Å². The summed E-state index contributed by atoms with van der Waals surface area (Å²) in [6, 6.07) is 7.40. The van der Waals surface area contributed by atoms with Crippen LogP contribution in [-0.4, -0.2) is 38.1 Å². The van der Waals surface area contributed by atoms with Crippen LogP contribution in [0.2, 0.25) is 0 Å². The standard InChI is InChI=1S/C17H28N2O2.H3NO3S/c1-3-4-5-6-7-14(2)19-12-13-21-17(20)15-8-10-16(18)11-9-15;1-5(2,3)4/h8-11,14,19H,3-7,12-13,18H2,1-2H3;(H3,1,2,3,4). The van der Waals surface area contributed by atoms with Crippen LogP contribution >= 0.6 is 0 Å². The second kappa shape index (κ2) is 13.5. The van der Waals surface area contributed by atoms with Crippen molar-refractivity contribution in [3.8, 4) is 0 Å². The average Bonchev–Trinajstić information content (AvgIpc) is 2.54. The molecular weight excluding hydrogens is 358 g/mol. The monoisotopic (exact) mass is 389 g/mol. The molecule has 0 aromatic heterocycles. The molecule has 1 aromatic carbocycles. The molecule has 1 atom stereocenters. The van der Waals surface area contributed by atoms with Crippen LogP contribution in [0, 0.1) is 0 Å². The SMILES string of the molecule is CCCCCCC(C)[NH2+]CCOC(=O)c1ccc(N)cc1.NS(=O)(=O)[O-]. The molecule has 150 valence electrons. The van der Waals surface area contributed by atoms with Crippen LogP contribution in [0.15, 0.2) is 24.3 Å². The minimum atomic E-state index is -4.42. The van der Waals surface area contributed by atoms with Gasteiger partial charge in [0.1, 0.15) is 13.2 Å². The Balaban J connectivity index is 0.00000110. The normalized spacial score (nSPS) is 12.0. The Morgan fingerprint density at radius 1 is 1.23 bits per heavy atom. The molecule has 0 radical (unpaired) electrons. The third-order valence-electron chi connectivity index (χ3n) is 3.58. The van der Waals surface area contributed by atoms with Gasteiger partial charge in [-0.3, -0.25) is 0 Å². The van der Waals surface area contributed by atoms with E-state index in [0.29, 0.717) is 23.9 Å². The quantitative estimate of drug-likeness (QED) is 0.232. The first-order chi connectivity index (χ1) is 12.1. The minimum absolute atomic E-state index is 0.279. The number of carbonyl (C=O) groups is 1. The summed E-state index contributed by atoms with van der Waals surface area (Å²) in [6.45, 7) is 5.72. The molecule has 1 unspecified atom stereocenters. The van der Waals surface area contributed by atoms with Crippen molar-refractivity contribution in [2.45, 2.75) is 52.0 Å². The van der Waals surface area contributed by atoms with Gasteiger partial charge in [0, 0.05) is 5.69 Å². The number of nitrogen functional groups attached to an aromatic ring is 1. The van der Waals surface area contributed by atoms with Crippen LogP contribution in [0.25, 0.3) is 0 Å². The van der Waals surface area contributed by atoms with E-state index >= 15 is 0 Å². The van der Waals surface area contributed by atoms with Crippen LogP contribution in [-0.2, 0) is 15.0 Å². The number of nitrogens with two attached hydrogens (primary N) is 3. The van der Waals surface area contributed by atoms with Crippen molar-refractivity contribution in [1.29, 1.82) is 0 Å². The molecule has 0 heterocycles. The molecule has 9 heteroatoms. The van der Waals surface area contributed by atoms with E-state index in [1.54, 1.807) is 24.3 Å². The molecule has 0 spiro atoms. The Kier molecular flexibility index (Phi) is 12.6. The average molecular weight is 390 g/mol. The van der Waals surface area contributed by atoms with Crippen molar-refractivity contribution in [3.63, 3.8) is 0 Å². The fraction of sp³-hybridized carbons (Fsp3) is 0.588. The molecule has 0 bridgehead atoms. The summed E-state index contributed by atoms with van der Waals surface area (Å²) >= 11 is 0. The molecule has 0 fully saturated rings. The van der Waals surface area contributed by atoms with Crippen LogP contribution in [0.5, 0.6) is 0 Å². The molecule has 0 aliphatic rings. The van der Waals surface area contributed by atoms with Crippen LogP contribution < -0.4 is 16.2 Å². The predicted octanol–water partition coefficient (Wildman–Crippen LogP) is 0.753. The second-order valence-corrected chi connectivity index (χ2v) is 7.09. The van der Waals surface area contributed by atoms with Crippen LogP contribution in [0.3, 0.4) is 0 Å². The number of anilines is 1. The first-order valence-electron chi connectivity index (χ1n) is 8.73. The Labute approximate surface area is 156 Å². The van der Waals surface area contributed by atoms with E-state index in [9.17, 15) is 4.79 Å². The highest BCUT2D eigenvalue weighted by Gasteiger charge is 2.08. The fourth-order valence-corrected chi connectivity index (χ4v) is 2.22. The summed E-state index contributed by atoms with van der Waals surface area (Å²) in [6.07, 6.45) is 6.44. The molecule has 1 aromatic rings. The van der Waals surface area contributed by atoms with E-state index in [4.69, 9.17) is 23.4 Å². The first-order valence-corrected chi connectivity index (χ1v) is 10.2. The number of hydrogen-bond acceptors (Lipinski definition) is 6. The number of ether oxygens (including phenoxy) is 1. The van der Waals surface area contributed by atoms with Gasteiger partial charge in [-0.05, 0) is 44.0 Å². The van der Waals surface area contributed by atoms with Gasteiger partial charge >= 0.3 is 5.97 Å². The van der Waals surface area contributed by atoms with E-state index in [0.717, 1.165) is 6.54 Å². The fourth-order valence-electron chi connectivity index (χ4n) is 2.22. The number of rotatable bonds is 10. The third kappa shape index (κ3) is 15.8. The predicted molar refractivity (Wildman–Crippen MR) is 100 cm³/mol. The lowest BCUT2D eigenvalue weighted by molar-refractivity contribution is -0.687. The van der Waals surface area contributed by atoms with Gasteiger partial charge in [0.05, 0.1) is 11.6 Å². The zero-order chi connectivity index (χ0) is 20.0. The zero-order valence-electron chi connectivity index (χ0n) is 15.5. The highest BCUT2D eigenvalue weighted by molar-refractivity contribution is 7.83. The number of hydrogen-bond donors (Lipinski definition) is 3. The van der Waals surface area contributed by atoms with Crippen molar-refractivity contribution in [2.24, 2.45) is 5.14 Å². The zero-order valence-corrected chi connectivity index (χ0v) is 16.3. The number of unbranched alkanes of at least 4 members (excludes halogenated alkanes) is 3. The molecule has 0 aliphatic heterocycles. The van der Waals surface area contributed by atoms with Gasteiger partial charge in [-0.2, -0.15) is 0 Å². The summed E-state index contributed by atoms with van der Waals surface area (Å²) < 4.78 is 31.8. The number of benzene rings is 1. The van der Waals surface area contributed by atoms with E-state index in [1.807, 2.05) is 0 Å². The Bertz CT molecular complexity index is 597. The van der Waals surface area contributed by atoms with E-state index in [2.05, 4.69) is 24.3 Å². The van der Waals surface area contributed by atoms with Gasteiger partial charge in [-0.25, -0.2) is 18.4 Å². The lowest BCUT2D eigenvalue weighted by atomic mass is 10.1. The van der Waals surface area contributed by atoms with Gasteiger partial charge in [-0.15, -0.1) is 0 Å². The molecule has 0 saturated carbocycles. The molecule has 0 amide bonds. The van der Waals surface area contributed by atoms with Gasteiger partial charge in [-0.1, -0.05) is 26.2 Å². The first kappa shape index (κ1) is 24.3. The Morgan fingerprint density at radius 2 is 1.81 bits per heavy atom. The van der Waals surface area contributed by atoms with Crippen molar-refractivity contribution in [2.75, 3.05) is 18.9 Å². The number of quaternary nitrogens is 1. The van der Waals surface area contributed by atoms with E-state index < -0.39 is 10.3 Å². The maximum atomic E-state index is 11.8. The van der Waals surface area contributed by atoms with Gasteiger partial charge in [0.2, 0.25) is 0 Å². The summed E-state index contributed by atoms with van der Waals surface area (Å²) in [7, 11) is -4.42. The number of carbonyl (C=O) groups excluding carboxylic acids is 1. The summed E-state index contributed by atoms with van der Waals surface area (Å²) in [5.41, 5.74) is 6.79. The van der Waals surface area contributed by atoms with Gasteiger partial charge < -0.3 is 20.3 Å². The second-order valence-electron chi connectivity index (χ2n) is 6.10. The van der Waals surface area contributed by atoms with Gasteiger partial charge in [0.15, 0.2) is 10.3 Å². The Morgan fingerprint density at radius 3 is 2.35 bits per heavy atom. The topological polar surface area (TPSA) is 152 Å². The van der Waals surface area contributed by atoms with Crippen molar-refractivity contribution < 1.29 is 27.8 Å². The summed E-state index contributed by atoms with van der Waals surface area (Å²) in [4.78, 5) is 11.8. The smallest absolute Gasteiger partial charge is 0.338 e. The molecule has 0 aliphatic carbocycles. The van der Waals surface area contributed by atoms with Crippen LogP contribution in [0.4, 0.5) is 5.69 Å². The molecule has 8 nitrogen and oxygen atoms in total. The molecule has 0 saturated heterocycles. The highest BCUT2D eigenvalue weighted by Crippen LogP contribution is 2.06. The molecule has 6 N–H and O–H groups in total. The lowest BCUT2D eigenvalue weighted by Gasteiger charge is -2.11. The minimum Gasteiger partial charge on any atom is -0.736 e. The third-order valence-corrected chi connectivity index (χ3v) is 3.58. The van der Waals surface area contributed by atoms with Crippen molar-refractivity contribution >= 4 is 22.0 Å². The summed E-state index contributed by atoms with van der Waals surface area (Å²) in [5.74, 6) is -0.279. The van der Waals surface area contributed by atoms with Gasteiger partial charge in [0.25, 0.3) is 0 Å². The van der Waals surface area contributed by atoms with Crippen molar-refractivity contribution in [3.05, 3.63) is 29.8 Å². The Hall–Kier alpha value is -1.68. The maximum Gasteiger partial charge on any atom is 0.338 e. The number of esters is 1. The highest BCUT2D eigenvalue weighted by atomic mass is 32.2. The largest absolute Gasteiger partial charge is 0.736 e. The molecule has 1 rings (SSSR count). The molecule has 26 heavy (non-hydrogen) atoms. The lowest BCUT2D eigenvalue weighted by Crippen LogP contribution is -2.90. The van der Waals surface area contributed by atoms with E-state index in [1.165, 1.54) is 32.1 Å². The van der Waals surface area contributed by atoms with Crippen molar-refractivity contribution in [1.82, 2.24) is 0 Å². The summed E-state index contributed by atoms with van der Waals surface area (Å²) in [5, 5.41) is 6.02. The maximum absolute atomic E-state index is 11.8. The van der Waals surface area contributed by atoms with Crippen LogP contribution in [0.1, 0.15) is 56.3 Å². The molecular formula is C17H31N3O5S.